The highest BCUT2D eigenvalue weighted by Crippen LogP contribution is 2.21. The van der Waals surface area contributed by atoms with Crippen LogP contribution in [0.5, 0.6) is 0 Å². The van der Waals surface area contributed by atoms with Crippen molar-refractivity contribution in [3.8, 4) is 0 Å². The Morgan fingerprint density at radius 1 is 1.15 bits per heavy atom. The molecule has 6 heteroatoms. The largest absolute Gasteiger partial charge is 0.307 e. The first kappa shape index (κ1) is 9.12. The molecule has 1 aliphatic rings. The van der Waals surface area contributed by atoms with Gasteiger partial charge in [0.05, 0.1) is 6.04 Å². The molecule has 0 aromatic carbocycles. The molecule has 1 aliphatic heterocycles. The lowest BCUT2D eigenvalue weighted by molar-refractivity contribution is 0.600. The average Bonchev–Trinajstić information content (AvgIpc) is 2.53. The van der Waals surface area contributed by atoms with Crippen LogP contribution in [0.1, 0.15) is 24.7 Å². The van der Waals surface area contributed by atoms with Crippen molar-refractivity contribution in [3.63, 3.8) is 0 Å². The van der Waals surface area contributed by atoms with Crippen LogP contribution < -0.4 is 5.32 Å². The molecule has 0 bridgehead atoms. The van der Waals surface area contributed by atoms with E-state index in [4.69, 9.17) is 23.2 Å². The summed E-state index contributed by atoms with van der Waals surface area (Å²) >= 11 is 11.3. The lowest BCUT2D eigenvalue weighted by atomic mass is 10.2. The minimum absolute atomic E-state index is 0.156. The lowest BCUT2D eigenvalue weighted by Gasteiger charge is -2.07. The van der Waals surface area contributed by atoms with Crippen molar-refractivity contribution in [3.05, 3.63) is 16.4 Å². The Morgan fingerprint density at radius 3 is 2.38 bits per heavy atom. The van der Waals surface area contributed by atoms with Crippen LogP contribution in [0, 0.1) is 0 Å². The van der Waals surface area contributed by atoms with E-state index in [1.165, 1.54) is 0 Å². The van der Waals surface area contributed by atoms with Crippen LogP contribution in [0.3, 0.4) is 0 Å². The Bertz CT molecular complexity index is 291. The first-order chi connectivity index (χ1) is 6.25. The minimum Gasteiger partial charge on any atom is -0.307 e. The lowest BCUT2D eigenvalue weighted by Crippen LogP contribution is -2.16. The van der Waals surface area contributed by atoms with Gasteiger partial charge in [0.2, 0.25) is 10.6 Å². The summed E-state index contributed by atoms with van der Waals surface area (Å²) in [5.74, 6) is 0.641. The van der Waals surface area contributed by atoms with Gasteiger partial charge in [-0.15, -0.1) is 0 Å². The summed E-state index contributed by atoms with van der Waals surface area (Å²) in [5, 5.41) is 3.57. The quantitative estimate of drug-likeness (QED) is 0.779. The number of hydrogen-bond acceptors (Lipinski definition) is 4. The van der Waals surface area contributed by atoms with Gasteiger partial charge in [-0.25, -0.2) is 9.97 Å². The second-order valence-corrected chi connectivity index (χ2v) is 3.56. The molecular formula is C7H8Cl2N4. The van der Waals surface area contributed by atoms with Gasteiger partial charge in [0.15, 0.2) is 5.82 Å². The van der Waals surface area contributed by atoms with Crippen molar-refractivity contribution in [2.24, 2.45) is 0 Å². The Hall–Kier alpha value is -0.450. The molecule has 1 N–H and O–H groups in total. The van der Waals surface area contributed by atoms with E-state index in [1.807, 2.05) is 0 Å². The highest BCUT2D eigenvalue weighted by Gasteiger charge is 2.19. The third kappa shape index (κ3) is 2.07. The van der Waals surface area contributed by atoms with Crippen LogP contribution >= 0.6 is 23.2 Å². The standard InChI is InChI=1S/C7H8Cl2N4/c8-6-11-5(12-7(9)13-6)4-2-1-3-10-4/h4,10H,1-3H2. The van der Waals surface area contributed by atoms with Crippen LogP contribution in [0.15, 0.2) is 0 Å². The van der Waals surface area contributed by atoms with Crippen LogP contribution in [-0.4, -0.2) is 21.5 Å². The zero-order valence-corrected chi connectivity index (χ0v) is 8.31. The van der Waals surface area contributed by atoms with E-state index in [0.29, 0.717) is 5.82 Å². The SMILES string of the molecule is Clc1nc(Cl)nc(C2CCCN2)n1. The maximum absolute atomic E-state index is 5.65. The van der Waals surface area contributed by atoms with Crippen molar-refractivity contribution in [2.75, 3.05) is 6.54 Å². The monoisotopic (exact) mass is 218 g/mol. The van der Waals surface area contributed by atoms with Crippen molar-refractivity contribution in [1.82, 2.24) is 20.3 Å². The molecule has 1 unspecified atom stereocenters. The highest BCUT2D eigenvalue weighted by molar-refractivity contribution is 6.30. The number of hydrogen-bond donors (Lipinski definition) is 1. The molecule has 1 atom stereocenters. The normalized spacial score (nSPS) is 22.2. The summed E-state index contributed by atoms with van der Waals surface area (Å²) in [6.07, 6.45) is 2.16. The molecular weight excluding hydrogens is 211 g/mol. The number of nitrogens with zero attached hydrogens (tertiary/aromatic N) is 3. The fourth-order valence-electron chi connectivity index (χ4n) is 1.40. The van der Waals surface area contributed by atoms with Crippen molar-refractivity contribution < 1.29 is 0 Å². The number of aromatic nitrogens is 3. The van der Waals surface area contributed by atoms with E-state index in [1.54, 1.807) is 0 Å². The number of rotatable bonds is 1. The van der Waals surface area contributed by atoms with Crippen LogP contribution in [0.4, 0.5) is 0 Å². The van der Waals surface area contributed by atoms with Gasteiger partial charge >= 0.3 is 0 Å². The van der Waals surface area contributed by atoms with Crippen molar-refractivity contribution in [2.45, 2.75) is 18.9 Å². The zero-order valence-electron chi connectivity index (χ0n) is 6.80. The second-order valence-electron chi connectivity index (χ2n) is 2.88. The van der Waals surface area contributed by atoms with Gasteiger partial charge in [-0.3, -0.25) is 0 Å². The van der Waals surface area contributed by atoms with Crippen LogP contribution in [0.2, 0.25) is 10.6 Å². The van der Waals surface area contributed by atoms with Gasteiger partial charge in [-0.1, -0.05) is 0 Å². The van der Waals surface area contributed by atoms with E-state index in [0.717, 1.165) is 19.4 Å². The first-order valence-corrected chi connectivity index (χ1v) is 4.81. The Morgan fingerprint density at radius 2 is 1.85 bits per heavy atom. The molecule has 0 spiro atoms. The minimum atomic E-state index is 0.156. The summed E-state index contributed by atoms with van der Waals surface area (Å²) in [6, 6.07) is 0.179. The van der Waals surface area contributed by atoms with Gasteiger partial charge in [0.1, 0.15) is 0 Å². The van der Waals surface area contributed by atoms with Crippen LogP contribution in [-0.2, 0) is 0 Å². The average molecular weight is 219 g/mol. The molecule has 1 aromatic heterocycles. The molecule has 4 nitrogen and oxygen atoms in total. The summed E-state index contributed by atoms with van der Waals surface area (Å²) in [5.41, 5.74) is 0. The maximum Gasteiger partial charge on any atom is 0.226 e. The molecule has 1 aromatic rings. The maximum atomic E-state index is 5.65. The molecule has 1 saturated heterocycles. The molecule has 70 valence electrons. The van der Waals surface area contributed by atoms with Gasteiger partial charge in [0.25, 0.3) is 0 Å². The third-order valence-electron chi connectivity index (χ3n) is 1.97. The fraction of sp³-hybridized carbons (Fsp3) is 0.571. The third-order valence-corrected chi connectivity index (χ3v) is 2.31. The van der Waals surface area contributed by atoms with E-state index in [9.17, 15) is 0 Å². The fourth-order valence-corrected chi connectivity index (χ4v) is 1.78. The predicted octanol–water partition coefficient (Wildman–Crippen LogP) is 1.60. The summed E-state index contributed by atoms with van der Waals surface area (Å²) in [7, 11) is 0. The first-order valence-electron chi connectivity index (χ1n) is 4.06. The summed E-state index contributed by atoms with van der Waals surface area (Å²) < 4.78 is 0. The second kappa shape index (κ2) is 3.74. The molecule has 0 radical (unpaired) electrons. The van der Waals surface area contributed by atoms with Crippen molar-refractivity contribution >= 4 is 23.2 Å². The highest BCUT2D eigenvalue weighted by atomic mass is 35.5. The molecule has 0 saturated carbocycles. The summed E-state index contributed by atoms with van der Waals surface area (Å²) in [4.78, 5) is 11.7. The molecule has 0 amide bonds. The van der Waals surface area contributed by atoms with Gasteiger partial charge in [-0.05, 0) is 42.6 Å². The van der Waals surface area contributed by atoms with Crippen LogP contribution in [0.25, 0.3) is 0 Å². The van der Waals surface area contributed by atoms with Gasteiger partial charge in [0, 0.05) is 0 Å². The van der Waals surface area contributed by atoms with Gasteiger partial charge in [-0.2, -0.15) is 4.98 Å². The van der Waals surface area contributed by atoms with E-state index in [2.05, 4.69) is 20.3 Å². The number of nitrogens with one attached hydrogen (secondary N) is 1. The van der Waals surface area contributed by atoms with E-state index >= 15 is 0 Å². The summed E-state index contributed by atoms with van der Waals surface area (Å²) in [6.45, 7) is 0.992. The van der Waals surface area contributed by atoms with E-state index < -0.39 is 0 Å². The van der Waals surface area contributed by atoms with Crippen molar-refractivity contribution in [1.29, 1.82) is 0 Å². The Labute approximate surface area is 85.7 Å². The molecule has 2 rings (SSSR count). The number of halogens is 2. The molecule has 1 fully saturated rings. The predicted molar refractivity (Wildman–Crippen MR) is 49.8 cm³/mol. The van der Waals surface area contributed by atoms with Gasteiger partial charge < -0.3 is 5.32 Å². The zero-order chi connectivity index (χ0) is 9.26. The smallest absolute Gasteiger partial charge is 0.226 e. The molecule has 2 heterocycles. The topological polar surface area (TPSA) is 50.7 Å². The van der Waals surface area contributed by atoms with E-state index in [-0.39, 0.29) is 16.6 Å². The molecule has 0 aliphatic carbocycles. The Kier molecular flexibility index (Phi) is 2.62. The molecule has 13 heavy (non-hydrogen) atoms. The Balaban J connectivity index is 2.28.